The van der Waals surface area contributed by atoms with Crippen LogP contribution in [0.15, 0.2) is 48.8 Å². The summed E-state index contributed by atoms with van der Waals surface area (Å²) in [5, 5.41) is 2.71. The Morgan fingerprint density at radius 2 is 1.78 bits per heavy atom. The molecule has 0 fully saturated rings. The predicted molar refractivity (Wildman–Crippen MR) is 84.2 cm³/mol. The van der Waals surface area contributed by atoms with Crippen molar-refractivity contribution in [3.05, 3.63) is 59.9 Å². The largest absolute Gasteiger partial charge is 0.497 e. The standard InChI is InChI=1S/C17H18N2O4/c1-22-15-4-2-13(3-5-15)6-11-19-16(20)12-23-17(21)14-7-9-18-10-8-14/h2-5,7-10H,6,11-12H2,1H3,(H,19,20). The highest BCUT2D eigenvalue weighted by atomic mass is 16.5. The van der Waals surface area contributed by atoms with E-state index in [1.807, 2.05) is 24.3 Å². The van der Waals surface area contributed by atoms with Gasteiger partial charge in [0.15, 0.2) is 6.61 Å². The lowest BCUT2D eigenvalue weighted by Crippen LogP contribution is -2.30. The van der Waals surface area contributed by atoms with Crippen molar-refractivity contribution in [2.24, 2.45) is 0 Å². The molecule has 1 aromatic carbocycles. The van der Waals surface area contributed by atoms with E-state index in [1.54, 1.807) is 7.11 Å². The van der Waals surface area contributed by atoms with Crippen molar-refractivity contribution in [1.29, 1.82) is 0 Å². The Hall–Kier alpha value is -2.89. The van der Waals surface area contributed by atoms with Crippen LogP contribution in [0.5, 0.6) is 5.75 Å². The highest BCUT2D eigenvalue weighted by Gasteiger charge is 2.09. The molecular formula is C17H18N2O4. The van der Waals surface area contributed by atoms with Gasteiger partial charge in [-0.3, -0.25) is 9.78 Å². The van der Waals surface area contributed by atoms with Crippen LogP contribution in [0.2, 0.25) is 0 Å². The maximum absolute atomic E-state index is 11.7. The summed E-state index contributed by atoms with van der Waals surface area (Å²) in [6.07, 6.45) is 3.67. The van der Waals surface area contributed by atoms with Gasteiger partial charge in [0.05, 0.1) is 12.7 Å². The van der Waals surface area contributed by atoms with Crippen LogP contribution in [0, 0.1) is 0 Å². The first-order chi connectivity index (χ1) is 11.2. The number of aromatic nitrogens is 1. The Bertz CT molecular complexity index is 641. The third-order valence-corrected chi connectivity index (χ3v) is 3.15. The van der Waals surface area contributed by atoms with Crippen molar-refractivity contribution in [3.63, 3.8) is 0 Å². The molecule has 1 amide bonds. The van der Waals surface area contributed by atoms with Crippen molar-refractivity contribution < 1.29 is 19.1 Å². The van der Waals surface area contributed by atoms with Gasteiger partial charge in [-0.05, 0) is 36.2 Å². The summed E-state index contributed by atoms with van der Waals surface area (Å²) >= 11 is 0. The molecular weight excluding hydrogens is 296 g/mol. The lowest BCUT2D eigenvalue weighted by atomic mass is 10.1. The number of hydrogen-bond donors (Lipinski definition) is 1. The Morgan fingerprint density at radius 1 is 1.09 bits per heavy atom. The second kappa shape index (κ2) is 8.53. The van der Waals surface area contributed by atoms with Crippen LogP contribution >= 0.6 is 0 Å². The van der Waals surface area contributed by atoms with Crippen molar-refractivity contribution in [2.45, 2.75) is 6.42 Å². The van der Waals surface area contributed by atoms with Crippen molar-refractivity contribution >= 4 is 11.9 Å². The fourth-order valence-corrected chi connectivity index (χ4v) is 1.89. The average Bonchev–Trinajstić information content (AvgIpc) is 2.61. The molecule has 2 aromatic rings. The molecule has 6 heteroatoms. The van der Waals surface area contributed by atoms with E-state index in [0.29, 0.717) is 18.5 Å². The second-order valence-corrected chi connectivity index (χ2v) is 4.76. The maximum atomic E-state index is 11.7. The van der Waals surface area contributed by atoms with Gasteiger partial charge in [-0.25, -0.2) is 4.79 Å². The topological polar surface area (TPSA) is 77.5 Å². The Kier molecular flexibility index (Phi) is 6.11. The minimum atomic E-state index is -0.544. The van der Waals surface area contributed by atoms with Crippen LogP contribution in [0.1, 0.15) is 15.9 Å². The molecule has 0 aliphatic carbocycles. The lowest BCUT2D eigenvalue weighted by Gasteiger charge is -2.07. The number of esters is 1. The molecule has 0 bridgehead atoms. The van der Waals surface area contributed by atoms with E-state index in [-0.39, 0.29) is 12.5 Å². The average molecular weight is 314 g/mol. The number of nitrogens with one attached hydrogen (secondary N) is 1. The molecule has 0 atom stereocenters. The SMILES string of the molecule is COc1ccc(CCNC(=O)COC(=O)c2ccncc2)cc1. The van der Waals surface area contributed by atoms with E-state index in [1.165, 1.54) is 24.5 Å². The van der Waals surface area contributed by atoms with E-state index in [2.05, 4.69) is 10.3 Å². The van der Waals surface area contributed by atoms with E-state index in [9.17, 15) is 9.59 Å². The number of hydrogen-bond acceptors (Lipinski definition) is 5. The fraction of sp³-hybridized carbons (Fsp3) is 0.235. The van der Waals surface area contributed by atoms with Gasteiger partial charge in [-0.15, -0.1) is 0 Å². The normalized spacial score (nSPS) is 9.96. The number of carbonyl (C=O) groups excluding carboxylic acids is 2. The molecule has 0 saturated heterocycles. The van der Waals surface area contributed by atoms with E-state index >= 15 is 0 Å². The Balaban J connectivity index is 1.67. The first-order valence-corrected chi connectivity index (χ1v) is 7.16. The molecule has 0 saturated carbocycles. The molecule has 1 aromatic heterocycles. The van der Waals surface area contributed by atoms with Crippen LogP contribution < -0.4 is 10.1 Å². The summed E-state index contributed by atoms with van der Waals surface area (Å²) < 4.78 is 10.0. The number of carbonyl (C=O) groups is 2. The van der Waals surface area contributed by atoms with Gasteiger partial charge >= 0.3 is 5.97 Å². The van der Waals surface area contributed by atoms with Crippen molar-refractivity contribution in [3.8, 4) is 5.75 Å². The van der Waals surface area contributed by atoms with Crippen molar-refractivity contribution in [2.75, 3.05) is 20.3 Å². The minimum Gasteiger partial charge on any atom is -0.497 e. The summed E-state index contributed by atoms with van der Waals surface area (Å²) in [5.74, 6) is -0.0839. The number of ether oxygens (including phenoxy) is 2. The van der Waals surface area contributed by atoms with Crippen LogP contribution in [0.4, 0.5) is 0 Å². The van der Waals surface area contributed by atoms with Crippen LogP contribution in [-0.4, -0.2) is 37.1 Å². The van der Waals surface area contributed by atoms with Gasteiger partial charge in [0, 0.05) is 18.9 Å². The maximum Gasteiger partial charge on any atom is 0.338 e. The smallest absolute Gasteiger partial charge is 0.338 e. The predicted octanol–water partition coefficient (Wildman–Crippen LogP) is 1.61. The van der Waals surface area contributed by atoms with Crippen LogP contribution in [0.3, 0.4) is 0 Å². The minimum absolute atomic E-state index is 0.302. The number of benzene rings is 1. The third kappa shape index (κ3) is 5.43. The number of amides is 1. The summed E-state index contributed by atoms with van der Waals surface area (Å²) in [6, 6.07) is 10.7. The third-order valence-electron chi connectivity index (χ3n) is 3.15. The molecule has 0 aliphatic heterocycles. The van der Waals surface area contributed by atoms with E-state index in [0.717, 1.165) is 11.3 Å². The molecule has 0 radical (unpaired) electrons. The first kappa shape index (κ1) is 16.5. The van der Waals surface area contributed by atoms with Gasteiger partial charge in [0.1, 0.15) is 5.75 Å². The zero-order valence-electron chi connectivity index (χ0n) is 12.8. The number of nitrogens with zero attached hydrogens (tertiary/aromatic N) is 1. The first-order valence-electron chi connectivity index (χ1n) is 7.16. The Labute approximate surface area is 134 Å². The molecule has 120 valence electrons. The molecule has 0 spiro atoms. The number of methoxy groups -OCH3 is 1. The van der Waals surface area contributed by atoms with Gasteiger partial charge in [-0.2, -0.15) is 0 Å². The molecule has 2 rings (SSSR count). The zero-order chi connectivity index (χ0) is 16.5. The lowest BCUT2D eigenvalue weighted by molar-refractivity contribution is -0.124. The monoisotopic (exact) mass is 314 g/mol. The number of rotatable bonds is 7. The highest BCUT2D eigenvalue weighted by Crippen LogP contribution is 2.11. The molecule has 0 aliphatic rings. The zero-order valence-corrected chi connectivity index (χ0v) is 12.8. The molecule has 1 N–H and O–H groups in total. The van der Waals surface area contributed by atoms with Gasteiger partial charge in [0.25, 0.3) is 5.91 Å². The molecule has 1 heterocycles. The molecule has 6 nitrogen and oxygen atoms in total. The highest BCUT2D eigenvalue weighted by molar-refractivity contribution is 5.91. The van der Waals surface area contributed by atoms with E-state index in [4.69, 9.17) is 9.47 Å². The fourth-order valence-electron chi connectivity index (χ4n) is 1.89. The summed E-state index contributed by atoms with van der Waals surface area (Å²) in [7, 11) is 1.61. The van der Waals surface area contributed by atoms with Gasteiger partial charge in [-0.1, -0.05) is 12.1 Å². The molecule has 23 heavy (non-hydrogen) atoms. The summed E-state index contributed by atoms with van der Waals surface area (Å²) in [6.45, 7) is 0.168. The van der Waals surface area contributed by atoms with Gasteiger partial charge < -0.3 is 14.8 Å². The summed E-state index contributed by atoms with van der Waals surface area (Å²) in [5.41, 5.74) is 1.45. The van der Waals surface area contributed by atoms with E-state index < -0.39 is 5.97 Å². The van der Waals surface area contributed by atoms with Crippen molar-refractivity contribution in [1.82, 2.24) is 10.3 Å². The quantitative estimate of drug-likeness (QED) is 0.786. The molecule has 0 unspecified atom stereocenters. The Morgan fingerprint density at radius 3 is 2.43 bits per heavy atom. The van der Waals surface area contributed by atoms with Gasteiger partial charge in [0.2, 0.25) is 0 Å². The summed E-state index contributed by atoms with van der Waals surface area (Å²) in [4.78, 5) is 27.1. The number of pyridine rings is 1. The van der Waals surface area contributed by atoms with Crippen LogP contribution in [0.25, 0.3) is 0 Å². The second-order valence-electron chi connectivity index (χ2n) is 4.76. The van der Waals surface area contributed by atoms with Crippen LogP contribution in [-0.2, 0) is 16.0 Å².